The van der Waals surface area contributed by atoms with Crippen LogP contribution in [0.15, 0.2) is 54.6 Å². The Morgan fingerprint density at radius 1 is 1.22 bits per heavy atom. The molecule has 0 aliphatic carbocycles. The molecule has 0 aliphatic rings. The largest absolute Gasteiger partial charge is 0.452 e. The van der Waals surface area contributed by atoms with Crippen LogP contribution < -0.4 is 5.32 Å². The van der Waals surface area contributed by atoms with E-state index in [4.69, 9.17) is 10.00 Å². The predicted octanol–water partition coefficient (Wildman–Crippen LogP) is 2.86. The van der Waals surface area contributed by atoms with E-state index >= 15 is 0 Å². The van der Waals surface area contributed by atoms with Gasteiger partial charge >= 0.3 is 5.97 Å². The third-order valence-corrected chi connectivity index (χ3v) is 3.36. The van der Waals surface area contributed by atoms with E-state index in [2.05, 4.69) is 5.32 Å². The summed E-state index contributed by atoms with van der Waals surface area (Å²) in [6.07, 6.45) is 2.73. The molecule has 0 unspecified atom stereocenters. The topological polar surface area (TPSA) is 122 Å². The van der Waals surface area contributed by atoms with Crippen molar-refractivity contribution in [2.45, 2.75) is 6.42 Å². The second-order valence-corrected chi connectivity index (χ2v) is 5.37. The van der Waals surface area contributed by atoms with Crippen LogP contribution in [0.1, 0.15) is 11.1 Å². The van der Waals surface area contributed by atoms with Gasteiger partial charge in [0.15, 0.2) is 6.61 Å². The number of carbonyl (C=O) groups excluding carboxylic acids is 2. The fraction of sp³-hybridized carbons (Fsp3) is 0.105. The molecular formula is C19H15N3O5. The van der Waals surface area contributed by atoms with Crippen LogP contribution in [0.3, 0.4) is 0 Å². The Morgan fingerprint density at radius 2 is 1.96 bits per heavy atom. The fourth-order valence-electron chi connectivity index (χ4n) is 2.09. The number of carbonyl (C=O) groups is 2. The number of rotatable bonds is 7. The lowest BCUT2D eigenvalue weighted by Gasteiger charge is -2.06. The number of esters is 1. The van der Waals surface area contributed by atoms with Gasteiger partial charge < -0.3 is 10.1 Å². The Labute approximate surface area is 154 Å². The van der Waals surface area contributed by atoms with Gasteiger partial charge in [0.1, 0.15) is 0 Å². The van der Waals surface area contributed by atoms with Crippen molar-refractivity contribution >= 4 is 29.3 Å². The van der Waals surface area contributed by atoms with Crippen molar-refractivity contribution in [3.05, 3.63) is 75.8 Å². The number of nitro benzene ring substituents is 1. The molecule has 0 saturated carbocycles. The van der Waals surface area contributed by atoms with E-state index in [1.165, 1.54) is 24.3 Å². The molecule has 0 saturated heterocycles. The number of nitrogens with one attached hydrogen (secondary N) is 1. The molecule has 1 N–H and O–H groups in total. The highest BCUT2D eigenvalue weighted by Gasteiger charge is 2.07. The third kappa shape index (κ3) is 6.43. The summed E-state index contributed by atoms with van der Waals surface area (Å²) in [6.45, 7) is -0.474. The summed E-state index contributed by atoms with van der Waals surface area (Å²) in [5.74, 6) is -1.26. The lowest BCUT2D eigenvalue weighted by atomic mass is 10.1. The van der Waals surface area contributed by atoms with Gasteiger partial charge in [-0.05, 0) is 29.3 Å². The van der Waals surface area contributed by atoms with Gasteiger partial charge in [0.25, 0.3) is 11.6 Å². The highest BCUT2D eigenvalue weighted by Crippen LogP contribution is 2.14. The summed E-state index contributed by atoms with van der Waals surface area (Å²) < 4.78 is 4.82. The third-order valence-electron chi connectivity index (χ3n) is 3.36. The van der Waals surface area contributed by atoms with Crippen LogP contribution in [0.25, 0.3) is 6.08 Å². The van der Waals surface area contributed by atoms with E-state index in [1.807, 2.05) is 6.07 Å². The summed E-state index contributed by atoms with van der Waals surface area (Å²) in [4.78, 5) is 33.6. The monoisotopic (exact) mass is 365 g/mol. The van der Waals surface area contributed by atoms with Crippen molar-refractivity contribution in [1.29, 1.82) is 5.26 Å². The number of benzene rings is 2. The van der Waals surface area contributed by atoms with E-state index in [9.17, 15) is 19.7 Å². The van der Waals surface area contributed by atoms with Crippen molar-refractivity contribution in [1.82, 2.24) is 0 Å². The molecule has 8 nitrogen and oxygen atoms in total. The molecule has 0 spiro atoms. The van der Waals surface area contributed by atoms with Gasteiger partial charge in [-0.1, -0.05) is 24.3 Å². The number of non-ortho nitro benzene ring substituents is 1. The Hall–Kier alpha value is -3.99. The average Bonchev–Trinajstić information content (AvgIpc) is 2.66. The predicted molar refractivity (Wildman–Crippen MR) is 97.5 cm³/mol. The van der Waals surface area contributed by atoms with Gasteiger partial charge in [-0.3, -0.25) is 14.9 Å². The first-order chi connectivity index (χ1) is 13.0. The molecule has 0 atom stereocenters. The van der Waals surface area contributed by atoms with Crippen LogP contribution in [0.5, 0.6) is 0 Å². The first-order valence-corrected chi connectivity index (χ1v) is 7.83. The van der Waals surface area contributed by atoms with Crippen LogP contribution in [-0.4, -0.2) is 23.4 Å². The van der Waals surface area contributed by atoms with Gasteiger partial charge in [-0.25, -0.2) is 4.79 Å². The number of hydrogen-bond donors (Lipinski definition) is 1. The maximum absolute atomic E-state index is 11.8. The summed E-state index contributed by atoms with van der Waals surface area (Å²) in [5, 5.41) is 21.9. The van der Waals surface area contributed by atoms with Gasteiger partial charge in [0.2, 0.25) is 0 Å². The summed E-state index contributed by atoms with van der Waals surface area (Å²) in [7, 11) is 0. The highest BCUT2D eigenvalue weighted by molar-refractivity contribution is 5.94. The zero-order valence-electron chi connectivity index (χ0n) is 14.1. The molecule has 0 fully saturated rings. The summed E-state index contributed by atoms with van der Waals surface area (Å²) in [5.41, 5.74) is 1.71. The average molecular weight is 365 g/mol. The Balaban J connectivity index is 1.82. The first kappa shape index (κ1) is 19.3. The molecule has 0 radical (unpaired) electrons. The van der Waals surface area contributed by atoms with Crippen LogP contribution in [0.4, 0.5) is 11.4 Å². The van der Waals surface area contributed by atoms with Crippen molar-refractivity contribution in [2.24, 2.45) is 0 Å². The highest BCUT2D eigenvalue weighted by atomic mass is 16.6. The van der Waals surface area contributed by atoms with Gasteiger partial charge in [0.05, 0.1) is 17.4 Å². The van der Waals surface area contributed by atoms with E-state index < -0.39 is 23.4 Å². The fourth-order valence-corrected chi connectivity index (χ4v) is 2.09. The number of nitro groups is 1. The number of ether oxygens (including phenoxy) is 1. The molecule has 0 heterocycles. The van der Waals surface area contributed by atoms with Gasteiger partial charge in [-0.2, -0.15) is 5.26 Å². The zero-order valence-corrected chi connectivity index (χ0v) is 14.1. The quantitative estimate of drug-likeness (QED) is 0.348. The number of hydrogen-bond acceptors (Lipinski definition) is 6. The lowest BCUT2D eigenvalue weighted by molar-refractivity contribution is -0.384. The molecule has 0 aromatic heterocycles. The molecule has 8 heteroatoms. The SMILES string of the molecule is N#CCc1ccc(NC(=O)COC(=O)/C=C/c2cccc([N+](=O)[O-])c2)cc1. The minimum atomic E-state index is -0.749. The maximum atomic E-state index is 11.8. The number of nitriles is 1. The standard InChI is InChI=1S/C19H15N3O5/c20-11-10-14-4-7-16(8-5-14)21-18(23)13-27-19(24)9-6-15-2-1-3-17(12-15)22(25)26/h1-9,12H,10,13H2,(H,21,23)/b9-6+. The number of nitrogens with zero attached hydrogens (tertiary/aromatic N) is 2. The first-order valence-electron chi connectivity index (χ1n) is 7.83. The Morgan fingerprint density at radius 3 is 2.63 bits per heavy atom. The normalized spacial score (nSPS) is 10.2. The molecule has 2 aromatic rings. The molecule has 27 heavy (non-hydrogen) atoms. The molecular weight excluding hydrogens is 350 g/mol. The van der Waals surface area contributed by atoms with Crippen molar-refractivity contribution in [2.75, 3.05) is 11.9 Å². The summed E-state index contributed by atoms with van der Waals surface area (Å²) >= 11 is 0. The van der Waals surface area contributed by atoms with E-state index in [0.29, 0.717) is 11.3 Å². The minimum absolute atomic E-state index is 0.0920. The van der Waals surface area contributed by atoms with Crippen molar-refractivity contribution in [3.63, 3.8) is 0 Å². The smallest absolute Gasteiger partial charge is 0.331 e. The molecule has 0 aliphatic heterocycles. The van der Waals surface area contributed by atoms with Crippen LogP contribution >= 0.6 is 0 Å². The van der Waals surface area contributed by atoms with E-state index in [1.54, 1.807) is 30.3 Å². The van der Waals surface area contributed by atoms with Gasteiger partial charge in [0, 0.05) is 23.9 Å². The maximum Gasteiger partial charge on any atom is 0.331 e. The number of anilines is 1. The molecule has 2 rings (SSSR count). The zero-order chi connectivity index (χ0) is 19.6. The number of amides is 1. The summed E-state index contributed by atoms with van der Waals surface area (Å²) in [6, 6.07) is 14.5. The van der Waals surface area contributed by atoms with Crippen LogP contribution in [-0.2, 0) is 20.7 Å². The van der Waals surface area contributed by atoms with Gasteiger partial charge in [-0.15, -0.1) is 0 Å². The van der Waals surface area contributed by atoms with Crippen molar-refractivity contribution < 1.29 is 19.2 Å². The Bertz CT molecular complexity index is 914. The molecule has 1 amide bonds. The Kier molecular flexibility index (Phi) is 6.79. The van der Waals surface area contributed by atoms with Crippen LogP contribution in [0.2, 0.25) is 0 Å². The minimum Gasteiger partial charge on any atom is -0.452 e. The van der Waals surface area contributed by atoms with Crippen molar-refractivity contribution in [3.8, 4) is 6.07 Å². The molecule has 0 bridgehead atoms. The van der Waals surface area contributed by atoms with E-state index in [0.717, 1.165) is 11.6 Å². The molecule has 2 aromatic carbocycles. The van der Waals surface area contributed by atoms with E-state index in [-0.39, 0.29) is 12.1 Å². The second kappa shape index (κ2) is 9.48. The second-order valence-electron chi connectivity index (χ2n) is 5.37. The molecule has 136 valence electrons. The lowest BCUT2D eigenvalue weighted by Crippen LogP contribution is -2.20. The van der Waals surface area contributed by atoms with Crippen LogP contribution in [0, 0.1) is 21.4 Å².